The maximum Gasteiger partial charge on any atom is 0.253 e. The lowest BCUT2D eigenvalue weighted by molar-refractivity contribution is 0.186. The van der Waals surface area contributed by atoms with Crippen molar-refractivity contribution in [1.82, 2.24) is 30.1 Å². The molecule has 1 saturated carbocycles. The Kier molecular flexibility index (Phi) is 7.91. The highest BCUT2D eigenvalue weighted by Crippen LogP contribution is 2.35. The highest BCUT2D eigenvalue weighted by molar-refractivity contribution is 5.82. The Morgan fingerprint density at radius 3 is 2.41 bits per heavy atom. The minimum absolute atomic E-state index is 0.122. The third-order valence-corrected chi connectivity index (χ3v) is 8.23. The van der Waals surface area contributed by atoms with E-state index in [1.165, 1.54) is 6.42 Å². The molecule has 3 aromatic carbocycles. The average Bonchev–Trinajstić information content (AvgIpc) is 3.49. The van der Waals surface area contributed by atoms with Crippen molar-refractivity contribution in [3.63, 3.8) is 0 Å². The molecule has 1 N–H and O–H groups in total. The number of benzene rings is 3. The Hall–Kier alpha value is -4.30. The number of para-hydroxylation sites is 1. The minimum atomic E-state index is -0.470. The summed E-state index contributed by atoms with van der Waals surface area (Å²) >= 11 is 0. The lowest BCUT2D eigenvalue weighted by Gasteiger charge is -2.33. The van der Waals surface area contributed by atoms with Gasteiger partial charge in [-0.1, -0.05) is 79.9 Å². The molecular weight excluding hydrogens is 512 g/mol. The predicted molar refractivity (Wildman–Crippen MR) is 160 cm³/mol. The van der Waals surface area contributed by atoms with Gasteiger partial charge >= 0.3 is 0 Å². The van der Waals surface area contributed by atoms with Crippen LogP contribution < -0.4 is 10.3 Å². The van der Waals surface area contributed by atoms with Crippen LogP contribution in [0.4, 0.5) is 0 Å². The number of rotatable bonds is 9. The number of aromatic nitrogens is 5. The molecule has 0 spiro atoms. The number of pyridine rings is 1. The summed E-state index contributed by atoms with van der Waals surface area (Å²) in [7, 11) is 1.67. The number of H-pyrrole nitrogens is 1. The fourth-order valence-corrected chi connectivity index (χ4v) is 6.09. The molecule has 1 aliphatic carbocycles. The molecule has 0 radical (unpaired) electrons. The van der Waals surface area contributed by atoms with Gasteiger partial charge in [0.15, 0.2) is 5.82 Å². The topological polar surface area (TPSA) is 88.9 Å². The summed E-state index contributed by atoms with van der Waals surface area (Å²) in [4.78, 5) is 19.4. The Balaban J connectivity index is 1.52. The van der Waals surface area contributed by atoms with Gasteiger partial charge in [0.05, 0.1) is 18.7 Å². The van der Waals surface area contributed by atoms with Gasteiger partial charge in [-0.2, -0.15) is 0 Å². The molecule has 1 fully saturated rings. The maximum absolute atomic E-state index is 13.9. The zero-order chi connectivity index (χ0) is 28.2. The number of methoxy groups -OCH3 is 1. The Morgan fingerprint density at radius 2 is 1.68 bits per heavy atom. The molecule has 8 nitrogen and oxygen atoms in total. The van der Waals surface area contributed by atoms with Crippen LogP contribution in [0.15, 0.2) is 83.7 Å². The number of aryl methyl sites for hydroxylation is 1. The van der Waals surface area contributed by atoms with Gasteiger partial charge in [0.2, 0.25) is 0 Å². The number of nitrogens with one attached hydrogen (secondary N) is 1. The van der Waals surface area contributed by atoms with Gasteiger partial charge in [-0.25, -0.2) is 4.68 Å². The first-order chi connectivity index (χ1) is 20.1. The van der Waals surface area contributed by atoms with Crippen LogP contribution in [0.2, 0.25) is 0 Å². The summed E-state index contributed by atoms with van der Waals surface area (Å²) in [6.07, 6.45) is 5.62. The number of hydrogen-bond donors (Lipinski definition) is 1. The van der Waals surface area contributed by atoms with Gasteiger partial charge in [0, 0.05) is 18.7 Å². The van der Waals surface area contributed by atoms with Gasteiger partial charge in [0.25, 0.3) is 5.56 Å². The molecule has 2 heterocycles. The van der Waals surface area contributed by atoms with E-state index in [-0.39, 0.29) is 11.6 Å². The second-order valence-corrected chi connectivity index (χ2v) is 11.0. The molecule has 0 unspecified atom stereocenters. The van der Waals surface area contributed by atoms with Crippen LogP contribution in [-0.2, 0) is 13.1 Å². The number of aromatic amines is 1. The van der Waals surface area contributed by atoms with E-state index < -0.39 is 6.04 Å². The first-order valence-electron chi connectivity index (χ1n) is 14.4. The van der Waals surface area contributed by atoms with Crippen molar-refractivity contribution in [2.75, 3.05) is 7.11 Å². The van der Waals surface area contributed by atoms with Crippen molar-refractivity contribution < 1.29 is 4.74 Å². The maximum atomic E-state index is 13.9. The summed E-state index contributed by atoms with van der Waals surface area (Å²) < 4.78 is 7.40. The van der Waals surface area contributed by atoms with E-state index >= 15 is 0 Å². The van der Waals surface area contributed by atoms with Crippen LogP contribution in [0.5, 0.6) is 5.75 Å². The molecule has 0 aliphatic heterocycles. The first kappa shape index (κ1) is 26.9. The lowest BCUT2D eigenvalue weighted by atomic mass is 9.94. The Morgan fingerprint density at radius 1 is 0.951 bits per heavy atom. The van der Waals surface area contributed by atoms with Crippen LogP contribution in [0.25, 0.3) is 10.9 Å². The van der Waals surface area contributed by atoms with Crippen molar-refractivity contribution in [2.45, 2.75) is 64.2 Å². The van der Waals surface area contributed by atoms with E-state index in [4.69, 9.17) is 4.74 Å². The predicted octanol–water partition coefficient (Wildman–Crippen LogP) is 6.13. The van der Waals surface area contributed by atoms with E-state index in [1.54, 1.807) is 7.11 Å². The third kappa shape index (κ3) is 5.79. The molecule has 1 aliphatic rings. The molecule has 5 aromatic rings. The fraction of sp³-hybridized carbons (Fsp3) is 0.333. The van der Waals surface area contributed by atoms with Gasteiger partial charge < -0.3 is 9.72 Å². The van der Waals surface area contributed by atoms with E-state index in [0.717, 1.165) is 59.0 Å². The molecule has 2 aromatic heterocycles. The van der Waals surface area contributed by atoms with E-state index in [2.05, 4.69) is 49.7 Å². The smallest absolute Gasteiger partial charge is 0.253 e. The average molecular weight is 549 g/mol. The third-order valence-electron chi connectivity index (χ3n) is 8.23. The van der Waals surface area contributed by atoms with Crippen LogP contribution in [0.1, 0.15) is 72.3 Å². The molecule has 0 bridgehead atoms. The Bertz CT molecular complexity index is 1660. The van der Waals surface area contributed by atoms with Gasteiger partial charge in [-0.05, 0) is 70.5 Å². The number of ether oxygens (including phenoxy) is 1. The van der Waals surface area contributed by atoms with Gasteiger partial charge in [0.1, 0.15) is 11.8 Å². The van der Waals surface area contributed by atoms with Crippen molar-refractivity contribution >= 4 is 10.9 Å². The van der Waals surface area contributed by atoms with Crippen LogP contribution in [0, 0.1) is 6.92 Å². The van der Waals surface area contributed by atoms with Crippen LogP contribution in [0.3, 0.4) is 0 Å². The monoisotopic (exact) mass is 548 g/mol. The van der Waals surface area contributed by atoms with Crippen LogP contribution >= 0.6 is 0 Å². The molecule has 0 amide bonds. The molecule has 210 valence electrons. The zero-order valence-corrected chi connectivity index (χ0v) is 23.7. The van der Waals surface area contributed by atoms with Crippen molar-refractivity contribution in [1.29, 1.82) is 0 Å². The quantitative estimate of drug-likeness (QED) is 0.238. The first-order valence-corrected chi connectivity index (χ1v) is 14.4. The molecule has 1 atom stereocenters. The number of nitrogens with zero attached hydrogens (tertiary/aromatic N) is 5. The highest BCUT2D eigenvalue weighted by atomic mass is 16.5. The van der Waals surface area contributed by atoms with Gasteiger partial charge in [-0.3, -0.25) is 9.69 Å². The molecular formula is C33H36N6O2. The summed E-state index contributed by atoms with van der Waals surface area (Å²) in [5.41, 5.74) is 4.67. The van der Waals surface area contributed by atoms with E-state index in [0.29, 0.717) is 24.5 Å². The number of fused-ring (bicyclic) bond motifs is 1. The second kappa shape index (κ2) is 12.1. The van der Waals surface area contributed by atoms with Crippen molar-refractivity contribution in [3.05, 3.63) is 117 Å². The molecule has 41 heavy (non-hydrogen) atoms. The molecule has 6 rings (SSSR count). The van der Waals surface area contributed by atoms with Gasteiger partial charge in [-0.15, -0.1) is 5.10 Å². The standard InChI is InChI=1S/C33H36N6O2/c1-23-10-9-13-26-20-29(33(40)34-30(23)26)31(32-35-36-37-39(32)27-14-7-4-8-15-27)38(21-24-11-5-3-6-12-24)22-25-16-18-28(41-2)19-17-25/h3,5-6,9-13,16-20,27,31H,4,7-8,14-15,21-22H2,1-2H3,(H,34,40)/t31-/m0/s1. The summed E-state index contributed by atoms with van der Waals surface area (Å²) in [6, 6.07) is 26.3. The fourth-order valence-electron chi connectivity index (χ4n) is 6.09. The Labute approximate surface area is 240 Å². The summed E-state index contributed by atoms with van der Waals surface area (Å²) in [6.45, 7) is 3.22. The van der Waals surface area contributed by atoms with Crippen molar-refractivity contribution in [2.24, 2.45) is 0 Å². The SMILES string of the molecule is COc1ccc(CN(Cc2ccccc2)[C@@H](c2cc3cccc(C)c3[nH]c2=O)c2nnnn2C2CCCCC2)cc1. The van der Waals surface area contributed by atoms with E-state index in [9.17, 15) is 4.79 Å². The normalized spacial score (nSPS) is 14.9. The summed E-state index contributed by atoms with van der Waals surface area (Å²) in [5, 5.41) is 14.3. The zero-order valence-electron chi connectivity index (χ0n) is 23.7. The largest absolute Gasteiger partial charge is 0.497 e. The highest BCUT2D eigenvalue weighted by Gasteiger charge is 2.33. The van der Waals surface area contributed by atoms with Crippen molar-refractivity contribution in [3.8, 4) is 5.75 Å². The number of tetrazole rings is 1. The molecule has 0 saturated heterocycles. The lowest BCUT2D eigenvalue weighted by Crippen LogP contribution is -2.35. The molecule has 8 heteroatoms. The van der Waals surface area contributed by atoms with E-state index in [1.807, 2.05) is 66.2 Å². The summed E-state index contributed by atoms with van der Waals surface area (Å²) in [5.74, 6) is 1.52. The number of hydrogen-bond acceptors (Lipinski definition) is 6. The van der Waals surface area contributed by atoms with Crippen LogP contribution in [-0.4, -0.2) is 37.2 Å². The minimum Gasteiger partial charge on any atom is -0.497 e. The second-order valence-electron chi connectivity index (χ2n) is 11.0.